The first-order valence-electron chi connectivity index (χ1n) is 3.64. The lowest BCUT2D eigenvalue weighted by molar-refractivity contribution is 0.774. The van der Waals surface area contributed by atoms with E-state index in [1.807, 2.05) is 20.0 Å². The van der Waals surface area contributed by atoms with E-state index in [-0.39, 0.29) is 0 Å². The van der Waals surface area contributed by atoms with Gasteiger partial charge >= 0.3 is 0 Å². The molecular formula is C8H8BrN3. The molecule has 0 radical (unpaired) electrons. The van der Waals surface area contributed by atoms with Gasteiger partial charge in [-0.05, 0) is 28.9 Å². The zero-order chi connectivity index (χ0) is 8.72. The van der Waals surface area contributed by atoms with Gasteiger partial charge in [-0.15, -0.1) is 0 Å². The van der Waals surface area contributed by atoms with Crippen LogP contribution in [-0.2, 0) is 7.05 Å². The first-order chi connectivity index (χ1) is 5.70. The number of hydrogen-bond acceptors (Lipinski definition) is 2. The summed E-state index contributed by atoms with van der Waals surface area (Å²) in [6, 6.07) is 1.93. The van der Waals surface area contributed by atoms with Crippen molar-refractivity contribution in [3.63, 3.8) is 0 Å². The molecule has 0 aliphatic heterocycles. The van der Waals surface area contributed by atoms with Crippen LogP contribution in [0.5, 0.6) is 0 Å². The molecule has 0 saturated carbocycles. The van der Waals surface area contributed by atoms with E-state index in [0.29, 0.717) is 0 Å². The van der Waals surface area contributed by atoms with Crippen LogP contribution in [0.1, 0.15) is 5.69 Å². The number of fused-ring (bicyclic) bond motifs is 1. The highest BCUT2D eigenvalue weighted by Crippen LogP contribution is 2.23. The van der Waals surface area contributed by atoms with Crippen molar-refractivity contribution in [2.24, 2.45) is 7.05 Å². The normalized spacial score (nSPS) is 10.9. The van der Waals surface area contributed by atoms with E-state index in [9.17, 15) is 0 Å². The van der Waals surface area contributed by atoms with Gasteiger partial charge in [-0.25, -0.2) is 4.98 Å². The Hall–Kier alpha value is -0.900. The third-order valence-electron chi connectivity index (χ3n) is 1.85. The topological polar surface area (TPSA) is 30.7 Å². The number of rotatable bonds is 0. The molecule has 0 N–H and O–H groups in total. The molecule has 0 atom stereocenters. The number of nitrogens with zero attached hydrogens (tertiary/aromatic N) is 3. The van der Waals surface area contributed by atoms with E-state index in [0.717, 1.165) is 21.2 Å². The minimum atomic E-state index is 0.918. The maximum Gasteiger partial charge on any atom is 0.158 e. The van der Waals surface area contributed by atoms with Crippen LogP contribution in [0.3, 0.4) is 0 Å². The summed E-state index contributed by atoms with van der Waals surface area (Å²) in [5, 5.41) is 5.37. The average Bonchev–Trinajstić information content (AvgIpc) is 2.29. The number of pyridine rings is 1. The zero-order valence-electron chi connectivity index (χ0n) is 6.87. The zero-order valence-corrected chi connectivity index (χ0v) is 8.46. The Bertz CT molecular complexity index is 433. The molecule has 0 aliphatic carbocycles. The van der Waals surface area contributed by atoms with Crippen molar-refractivity contribution in [2.45, 2.75) is 6.92 Å². The molecule has 3 nitrogen and oxygen atoms in total. The van der Waals surface area contributed by atoms with Crippen molar-refractivity contribution < 1.29 is 0 Å². The molecule has 2 aromatic heterocycles. The Balaban J connectivity index is 2.99. The van der Waals surface area contributed by atoms with Gasteiger partial charge in [-0.1, -0.05) is 0 Å². The van der Waals surface area contributed by atoms with Gasteiger partial charge in [0.05, 0.1) is 11.1 Å². The highest BCUT2D eigenvalue weighted by atomic mass is 79.9. The van der Waals surface area contributed by atoms with Gasteiger partial charge in [0.15, 0.2) is 5.65 Å². The Labute approximate surface area is 78.5 Å². The van der Waals surface area contributed by atoms with Gasteiger partial charge in [0.1, 0.15) is 0 Å². The standard InChI is InChI=1S/C8H8BrN3/c1-5-7-6(9)3-4-10-8(7)12(2)11-5/h3-4H,1-2H3. The first kappa shape index (κ1) is 7.73. The maximum atomic E-state index is 4.28. The van der Waals surface area contributed by atoms with E-state index >= 15 is 0 Å². The number of aryl methyl sites for hydroxylation is 2. The van der Waals surface area contributed by atoms with E-state index < -0.39 is 0 Å². The van der Waals surface area contributed by atoms with E-state index in [1.54, 1.807) is 10.9 Å². The van der Waals surface area contributed by atoms with Gasteiger partial charge in [-0.3, -0.25) is 4.68 Å². The predicted octanol–water partition coefficient (Wildman–Crippen LogP) is 2.04. The Kier molecular flexibility index (Phi) is 1.65. The maximum absolute atomic E-state index is 4.28. The van der Waals surface area contributed by atoms with Gasteiger partial charge < -0.3 is 0 Å². The van der Waals surface area contributed by atoms with Gasteiger partial charge in [0.25, 0.3) is 0 Å². The molecule has 0 spiro atoms. The summed E-state index contributed by atoms with van der Waals surface area (Å²) in [7, 11) is 1.90. The third-order valence-corrected chi connectivity index (χ3v) is 2.51. The van der Waals surface area contributed by atoms with Crippen molar-refractivity contribution in [3.8, 4) is 0 Å². The molecule has 12 heavy (non-hydrogen) atoms. The Morgan fingerprint density at radius 3 is 2.92 bits per heavy atom. The molecule has 0 saturated heterocycles. The lowest BCUT2D eigenvalue weighted by atomic mass is 10.3. The molecule has 2 aromatic rings. The molecule has 4 heteroatoms. The van der Waals surface area contributed by atoms with Gasteiger partial charge in [-0.2, -0.15) is 5.10 Å². The average molecular weight is 226 g/mol. The summed E-state index contributed by atoms with van der Waals surface area (Å²) in [6.07, 6.45) is 1.77. The van der Waals surface area contributed by atoms with Crippen LogP contribution in [0.2, 0.25) is 0 Å². The molecule has 0 aromatic carbocycles. The highest BCUT2D eigenvalue weighted by Gasteiger charge is 2.07. The van der Waals surface area contributed by atoms with Crippen molar-refractivity contribution in [2.75, 3.05) is 0 Å². The second-order valence-corrected chi connectivity index (χ2v) is 3.55. The lowest BCUT2D eigenvalue weighted by Gasteiger charge is -1.93. The molecule has 2 heterocycles. The molecular weight excluding hydrogens is 218 g/mol. The smallest absolute Gasteiger partial charge is 0.158 e. The van der Waals surface area contributed by atoms with E-state index in [4.69, 9.17) is 0 Å². The van der Waals surface area contributed by atoms with Crippen LogP contribution >= 0.6 is 15.9 Å². The summed E-state index contributed by atoms with van der Waals surface area (Å²) in [4.78, 5) is 4.23. The fourth-order valence-corrected chi connectivity index (χ4v) is 1.91. The minimum Gasteiger partial charge on any atom is -0.250 e. The quantitative estimate of drug-likeness (QED) is 0.688. The predicted molar refractivity (Wildman–Crippen MR) is 50.9 cm³/mol. The van der Waals surface area contributed by atoms with Crippen LogP contribution in [0.25, 0.3) is 11.0 Å². The summed E-state index contributed by atoms with van der Waals surface area (Å²) >= 11 is 3.47. The monoisotopic (exact) mass is 225 g/mol. The molecule has 2 rings (SSSR count). The second-order valence-electron chi connectivity index (χ2n) is 2.70. The van der Waals surface area contributed by atoms with Gasteiger partial charge in [0, 0.05) is 17.7 Å². The summed E-state index contributed by atoms with van der Waals surface area (Å²) in [5.74, 6) is 0. The van der Waals surface area contributed by atoms with Crippen molar-refractivity contribution in [1.82, 2.24) is 14.8 Å². The van der Waals surface area contributed by atoms with Crippen LogP contribution in [0, 0.1) is 6.92 Å². The van der Waals surface area contributed by atoms with E-state index in [2.05, 4.69) is 26.0 Å². The van der Waals surface area contributed by atoms with Crippen LogP contribution < -0.4 is 0 Å². The summed E-state index contributed by atoms with van der Waals surface area (Å²) < 4.78 is 2.84. The molecule has 0 amide bonds. The summed E-state index contributed by atoms with van der Waals surface area (Å²) in [5.41, 5.74) is 1.93. The Morgan fingerprint density at radius 1 is 1.50 bits per heavy atom. The third kappa shape index (κ3) is 0.948. The van der Waals surface area contributed by atoms with Gasteiger partial charge in [0.2, 0.25) is 0 Å². The summed E-state index contributed by atoms with van der Waals surface area (Å²) in [6.45, 7) is 1.98. The van der Waals surface area contributed by atoms with Crippen molar-refractivity contribution in [1.29, 1.82) is 0 Å². The molecule has 62 valence electrons. The molecule has 0 bridgehead atoms. The highest BCUT2D eigenvalue weighted by molar-refractivity contribution is 9.10. The fourth-order valence-electron chi connectivity index (χ4n) is 1.33. The Morgan fingerprint density at radius 2 is 2.25 bits per heavy atom. The van der Waals surface area contributed by atoms with Crippen LogP contribution in [0.15, 0.2) is 16.7 Å². The number of aromatic nitrogens is 3. The fraction of sp³-hybridized carbons (Fsp3) is 0.250. The van der Waals surface area contributed by atoms with Crippen molar-refractivity contribution >= 4 is 27.0 Å². The molecule has 0 unspecified atom stereocenters. The van der Waals surface area contributed by atoms with Crippen LogP contribution in [0.4, 0.5) is 0 Å². The lowest BCUT2D eigenvalue weighted by Crippen LogP contribution is -1.90. The number of halogens is 1. The van der Waals surface area contributed by atoms with Crippen molar-refractivity contribution in [3.05, 3.63) is 22.4 Å². The minimum absolute atomic E-state index is 0.918. The first-order valence-corrected chi connectivity index (χ1v) is 4.43. The second kappa shape index (κ2) is 2.55. The molecule has 0 aliphatic rings. The van der Waals surface area contributed by atoms with Crippen LogP contribution in [-0.4, -0.2) is 14.8 Å². The largest absolute Gasteiger partial charge is 0.250 e. The van der Waals surface area contributed by atoms with E-state index in [1.165, 1.54) is 0 Å². The number of hydrogen-bond donors (Lipinski definition) is 0. The molecule has 0 fully saturated rings. The SMILES string of the molecule is Cc1nn(C)c2nccc(Br)c12.